The first-order valence-corrected chi connectivity index (χ1v) is 6.62. The second-order valence-corrected chi connectivity index (χ2v) is 4.99. The summed E-state index contributed by atoms with van der Waals surface area (Å²) in [5, 5.41) is 7.58. The van der Waals surface area contributed by atoms with Crippen molar-refractivity contribution in [3.05, 3.63) is 47.3 Å². The molecule has 0 saturated carbocycles. The van der Waals surface area contributed by atoms with Gasteiger partial charge in [-0.3, -0.25) is 0 Å². The smallest absolute Gasteiger partial charge is 0.224 e. The van der Waals surface area contributed by atoms with Crippen LogP contribution < -0.4 is 11.1 Å². The Labute approximate surface area is 123 Å². The second kappa shape index (κ2) is 5.83. The summed E-state index contributed by atoms with van der Waals surface area (Å²) in [4.78, 5) is 4.15. The van der Waals surface area contributed by atoms with Gasteiger partial charge in [-0.1, -0.05) is 17.7 Å². The highest BCUT2D eigenvalue weighted by Crippen LogP contribution is 2.09. The normalized spacial score (nSPS) is 11.4. The molecule has 0 aliphatic carbocycles. The number of benzene rings is 1. The van der Waals surface area contributed by atoms with E-state index in [0.717, 1.165) is 17.1 Å². The van der Waals surface area contributed by atoms with E-state index in [-0.39, 0.29) is 5.96 Å². The predicted octanol–water partition coefficient (Wildman–Crippen LogP) is 2.37. The number of rotatable bonds is 1. The van der Waals surface area contributed by atoms with Crippen LogP contribution in [0.15, 0.2) is 35.3 Å². The quantitative estimate of drug-likeness (QED) is 0.480. The van der Waals surface area contributed by atoms with Crippen molar-refractivity contribution in [2.75, 3.05) is 5.32 Å². The van der Waals surface area contributed by atoms with E-state index < -0.39 is 0 Å². The van der Waals surface area contributed by atoms with Crippen molar-refractivity contribution in [2.24, 2.45) is 10.7 Å². The number of nitrogens with zero attached hydrogens (tertiary/aromatic N) is 3. The molecule has 0 fully saturated rings. The van der Waals surface area contributed by atoms with Crippen molar-refractivity contribution in [3.8, 4) is 0 Å². The largest absolute Gasteiger partial charge is 0.368 e. The van der Waals surface area contributed by atoms with E-state index in [9.17, 15) is 0 Å². The predicted molar refractivity (Wildman–Crippen MR) is 86.1 cm³/mol. The van der Waals surface area contributed by atoms with Crippen molar-refractivity contribution in [2.45, 2.75) is 20.8 Å². The number of hydrogen-bond acceptors (Lipinski definition) is 2. The highest BCUT2D eigenvalue weighted by atomic mass is 32.1. The molecule has 1 heterocycles. The van der Waals surface area contributed by atoms with Gasteiger partial charge in [-0.25, -0.2) is 4.68 Å². The average Bonchev–Trinajstić information content (AvgIpc) is 2.71. The third-order valence-corrected chi connectivity index (χ3v) is 2.94. The van der Waals surface area contributed by atoms with Gasteiger partial charge in [-0.2, -0.15) is 10.1 Å². The van der Waals surface area contributed by atoms with Gasteiger partial charge in [0.25, 0.3) is 0 Å². The van der Waals surface area contributed by atoms with E-state index in [1.165, 1.54) is 5.56 Å². The zero-order valence-corrected chi connectivity index (χ0v) is 12.5. The summed E-state index contributed by atoms with van der Waals surface area (Å²) in [6, 6.07) is 9.81. The van der Waals surface area contributed by atoms with Crippen molar-refractivity contribution in [3.63, 3.8) is 0 Å². The number of aromatic nitrogens is 2. The molecule has 0 aliphatic heterocycles. The second-order valence-electron chi connectivity index (χ2n) is 4.61. The number of nitrogens with one attached hydrogen (secondary N) is 1. The Hall–Kier alpha value is -2.21. The van der Waals surface area contributed by atoms with Crippen LogP contribution >= 0.6 is 12.2 Å². The van der Waals surface area contributed by atoms with Crippen LogP contribution in [0.1, 0.15) is 17.0 Å². The van der Waals surface area contributed by atoms with Gasteiger partial charge >= 0.3 is 0 Å². The molecule has 0 bridgehead atoms. The molecule has 0 amide bonds. The van der Waals surface area contributed by atoms with Crippen LogP contribution in [-0.2, 0) is 0 Å². The third-order valence-electron chi connectivity index (χ3n) is 2.75. The van der Waals surface area contributed by atoms with Crippen LogP contribution in [0.3, 0.4) is 0 Å². The molecule has 0 aliphatic rings. The molecule has 1 aromatic carbocycles. The first-order chi connectivity index (χ1) is 9.45. The summed E-state index contributed by atoms with van der Waals surface area (Å²) in [5.41, 5.74) is 9.78. The maximum absolute atomic E-state index is 5.91. The Morgan fingerprint density at radius 1 is 1.25 bits per heavy atom. The maximum atomic E-state index is 5.91. The van der Waals surface area contributed by atoms with E-state index in [0.29, 0.717) is 5.11 Å². The zero-order valence-electron chi connectivity index (χ0n) is 11.7. The molecule has 0 unspecified atom stereocenters. The Morgan fingerprint density at radius 3 is 2.45 bits per heavy atom. The molecule has 2 rings (SSSR count). The molecule has 20 heavy (non-hydrogen) atoms. The summed E-state index contributed by atoms with van der Waals surface area (Å²) in [6.45, 7) is 5.85. The number of hydrogen-bond donors (Lipinski definition) is 2. The van der Waals surface area contributed by atoms with Gasteiger partial charge < -0.3 is 11.1 Å². The van der Waals surface area contributed by atoms with Crippen molar-refractivity contribution < 1.29 is 0 Å². The Bertz CT molecular complexity index is 655. The molecule has 5 nitrogen and oxygen atoms in total. The minimum Gasteiger partial charge on any atom is -0.368 e. The summed E-state index contributed by atoms with van der Waals surface area (Å²) < 4.78 is 1.57. The standard InChI is InChI=1S/C14H17N5S/c1-9-4-6-12(7-5-9)16-14(20)17-13(15)19-11(3)8-10(2)18-19/h4-8H,1-3H3,(H3,15,16,17,20). The van der Waals surface area contributed by atoms with Crippen molar-refractivity contribution in [1.82, 2.24) is 9.78 Å². The van der Waals surface area contributed by atoms with Crippen LogP contribution in [0, 0.1) is 20.8 Å². The summed E-state index contributed by atoms with van der Waals surface area (Å²) in [7, 11) is 0. The molecule has 2 aromatic rings. The van der Waals surface area contributed by atoms with Gasteiger partial charge in [-0.15, -0.1) is 0 Å². The number of nitrogens with two attached hydrogens (primary N) is 1. The van der Waals surface area contributed by atoms with Crippen LogP contribution in [0.25, 0.3) is 0 Å². The Kier molecular flexibility index (Phi) is 4.14. The molecule has 3 N–H and O–H groups in total. The highest BCUT2D eigenvalue weighted by Gasteiger charge is 2.05. The molecule has 0 saturated heterocycles. The minimum absolute atomic E-state index is 0.250. The third kappa shape index (κ3) is 3.42. The molecule has 1 aromatic heterocycles. The number of aryl methyl sites for hydroxylation is 3. The monoisotopic (exact) mass is 287 g/mol. The fraction of sp³-hybridized carbons (Fsp3) is 0.214. The highest BCUT2D eigenvalue weighted by molar-refractivity contribution is 7.80. The summed E-state index contributed by atoms with van der Waals surface area (Å²) in [5.74, 6) is 0.250. The van der Waals surface area contributed by atoms with E-state index in [4.69, 9.17) is 18.0 Å². The van der Waals surface area contributed by atoms with E-state index in [2.05, 4.69) is 15.4 Å². The average molecular weight is 287 g/mol. The van der Waals surface area contributed by atoms with Gasteiger partial charge in [0.05, 0.1) is 5.69 Å². The number of aliphatic imine (C=N–C) groups is 1. The van der Waals surface area contributed by atoms with Crippen LogP contribution in [0.5, 0.6) is 0 Å². The molecular formula is C14H17N5S. The summed E-state index contributed by atoms with van der Waals surface area (Å²) >= 11 is 5.18. The van der Waals surface area contributed by atoms with Gasteiger partial charge in [0.1, 0.15) is 0 Å². The topological polar surface area (TPSA) is 68.2 Å². The fourth-order valence-electron chi connectivity index (χ4n) is 1.80. The molecular weight excluding hydrogens is 270 g/mol. The van der Waals surface area contributed by atoms with E-state index >= 15 is 0 Å². The molecule has 0 atom stereocenters. The molecule has 6 heteroatoms. The van der Waals surface area contributed by atoms with Gasteiger partial charge in [0.15, 0.2) is 0 Å². The lowest BCUT2D eigenvalue weighted by atomic mass is 10.2. The number of anilines is 1. The maximum Gasteiger partial charge on any atom is 0.224 e. The lowest BCUT2D eigenvalue weighted by molar-refractivity contribution is 0.872. The molecule has 104 valence electrons. The SMILES string of the molecule is Cc1ccc(NC(=S)/N=C(\N)n2nc(C)cc2C)cc1. The van der Waals surface area contributed by atoms with Gasteiger partial charge in [0, 0.05) is 11.4 Å². The van der Waals surface area contributed by atoms with Crippen molar-refractivity contribution >= 4 is 29.0 Å². The van der Waals surface area contributed by atoms with Crippen LogP contribution in [-0.4, -0.2) is 20.9 Å². The first kappa shape index (κ1) is 14.2. The Balaban J connectivity index is 2.12. The van der Waals surface area contributed by atoms with Gasteiger partial charge in [0.2, 0.25) is 11.1 Å². The Morgan fingerprint density at radius 2 is 1.90 bits per heavy atom. The molecule has 0 spiro atoms. The zero-order chi connectivity index (χ0) is 14.7. The first-order valence-electron chi connectivity index (χ1n) is 6.21. The van der Waals surface area contributed by atoms with E-state index in [1.54, 1.807) is 4.68 Å². The number of thiocarbonyl (C=S) groups is 1. The minimum atomic E-state index is 0.250. The molecule has 0 radical (unpaired) electrons. The lowest BCUT2D eigenvalue weighted by Gasteiger charge is -2.06. The van der Waals surface area contributed by atoms with Crippen LogP contribution in [0.4, 0.5) is 5.69 Å². The van der Waals surface area contributed by atoms with E-state index in [1.807, 2.05) is 51.1 Å². The summed E-state index contributed by atoms with van der Waals surface area (Å²) in [6.07, 6.45) is 0. The lowest BCUT2D eigenvalue weighted by Crippen LogP contribution is -2.27. The van der Waals surface area contributed by atoms with Gasteiger partial charge in [-0.05, 0) is 51.2 Å². The van der Waals surface area contributed by atoms with Crippen LogP contribution in [0.2, 0.25) is 0 Å². The van der Waals surface area contributed by atoms with Crippen molar-refractivity contribution in [1.29, 1.82) is 0 Å². The fourth-order valence-corrected chi connectivity index (χ4v) is 2.01.